The van der Waals surface area contributed by atoms with Gasteiger partial charge in [-0.15, -0.1) is 0 Å². The lowest BCUT2D eigenvalue weighted by molar-refractivity contribution is -0.128. The number of carbonyl (C=O) groups excluding carboxylic acids is 1. The van der Waals surface area contributed by atoms with E-state index in [1.807, 2.05) is 34.7 Å². The van der Waals surface area contributed by atoms with Crippen LogP contribution in [0.1, 0.15) is 46.2 Å². The van der Waals surface area contributed by atoms with Crippen LogP contribution in [0.3, 0.4) is 0 Å². The zero-order valence-electron chi connectivity index (χ0n) is 17.3. The highest BCUT2D eigenvalue weighted by Gasteiger charge is 2.37. The molecule has 27 heavy (non-hydrogen) atoms. The summed E-state index contributed by atoms with van der Waals surface area (Å²) in [5.41, 5.74) is -0.719. The fraction of sp³-hybridized carbons (Fsp3) is 0.789. The molecule has 2 rings (SSSR count). The molecule has 0 aliphatic carbocycles. The van der Waals surface area contributed by atoms with Crippen LogP contribution in [0.25, 0.3) is 0 Å². The van der Waals surface area contributed by atoms with E-state index in [9.17, 15) is 4.79 Å². The monoisotopic (exact) mass is 383 g/mol. The Kier molecular flexibility index (Phi) is 7.39. The molecule has 0 radical (unpaired) electrons. The second-order valence-electron chi connectivity index (χ2n) is 7.90. The topological polar surface area (TPSA) is 86.1 Å². The van der Waals surface area contributed by atoms with Crippen molar-refractivity contribution in [3.8, 4) is 0 Å². The molecule has 8 heteroatoms. The maximum absolute atomic E-state index is 12.9. The van der Waals surface area contributed by atoms with Crippen LogP contribution in [0.5, 0.6) is 0 Å². The van der Waals surface area contributed by atoms with E-state index >= 15 is 0 Å². The van der Waals surface area contributed by atoms with E-state index in [0.29, 0.717) is 30.8 Å². The Labute approximate surface area is 161 Å². The number of aromatic nitrogens is 1. The Balaban J connectivity index is 1.99. The Bertz CT molecular complexity index is 608. The Hall–Kier alpha value is -1.48. The van der Waals surface area contributed by atoms with Gasteiger partial charge in [0.1, 0.15) is 11.3 Å². The number of methoxy groups -OCH3 is 1. The summed E-state index contributed by atoms with van der Waals surface area (Å²) in [7, 11) is 3.60. The summed E-state index contributed by atoms with van der Waals surface area (Å²) < 4.78 is 21.5. The van der Waals surface area contributed by atoms with Gasteiger partial charge in [0.15, 0.2) is 0 Å². The first-order chi connectivity index (χ1) is 12.7. The van der Waals surface area contributed by atoms with E-state index in [4.69, 9.17) is 18.7 Å². The molecule has 1 fully saturated rings. The van der Waals surface area contributed by atoms with Crippen LogP contribution in [-0.4, -0.2) is 68.1 Å². The number of ether oxygens (including phenoxy) is 3. The number of rotatable bonds is 9. The van der Waals surface area contributed by atoms with Gasteiger partial charge in [-0.1, -0.05) is 5.16 Å². The molecule has 1 saturated heterocycles. The Morgan fingerprint density at radius 2 is 1.96 bits per heavy atom. The maximum Gasteiger partial charge on any atom is 0.246 e. The average Bonchev–Trinajstić information content (AvgIpc) is 3.11. The van der Waals surface area contributed by atoms with Crippen LogP contribution in [-0.2, 0) is 24.6 Å². The molecular formula is C19H33N3O5. The van der Waals surface area contributed by atoms with Crippen LogP contribution in [0, 0.1) is 0 Å². The summed E-state index contributed by atoms with van der Waals surface area (Å²) in [5, 5.41) is 6.89. The fourth-order valence-electron chi connectivity index (χ4n) is 3.03. The number of hydrogen-bond donors (Lipinski definition) is 1. The van der Waals surface area contributed by atoms with Crippen LogP contribution in [0.2, 0.25) is 0 Å². The molecule has 1 amide bonds. The smallest absolute Gasteiger partial charge is 0.246 e. The van der Waals surface area contributed by atoms with Gasteiger partial charge in [-0.2, -0.15) is 0 Å². The van der Waals surface area contributed by atoms with Gasteiger partial charge in [0, 0.05) is 32.4 Å². The predicted molar refractivity (Wildman–Crippen MR) is 102 cm³/mol. The summed E-state index contributed by atoms with van der Waals surface area (Å²) in [6.07, 6.45) is 1.85. The minimum Gasteiger partial charge on any atom is -0.382 e. The second-order valence-corrected chi connectivity index (χ2v) is 7.90. The van der Waals surface area contributed by atoms with Crippen molar-refractivity contribution < 1.29 is 23.5 Å². The molecular weight excluding hydrogens is 350 g/mol. The van der Waals surface area contributed by atoms with Crippen LogP contribution in [0.4, 0.5) is 5.88 Å². The lowest BCUT2D eigenvalue weighted by Crippen LogP contribution is -2.55. The van der Waals surface area contributed by atoms with Crippen molar-refractivity contribution in [2.75, 3.05) is 45.9 Å². The van der Waals surface area contributed by atoms with E-state index < -0.39 is 11.1 Å². The molecule has 0 bridgehead atoms. The number of amides is 1. The van der Waals surface area contributed by atoms with Crippen molar-refractivity contribution in [1.29, 1.82) is 0 Å². The van der Waals surface area contributed by atoms with E-state index in [0.717, 1.165) is 26.1 Å². The molecule has 1 aliphatic heterocycles. The minimum atomic E-state index is -0.695. The van der Waals surface area contributed by atoms with Gasteiger partial charge in [0.05, 0.1) is 18.8 Å². The first-order valence-corrected chi connectivity index (χ1v) is 9.40. The molecule has 0 unspecified atom stereocenters. The lowest BCUT2D eigenvalue weighted by atomic mass is 9.96. The zero-order valence-corrected chi connectivity index (χ0v) is 17.3. The molecule has 0 saturated carbocycles. The zero-order chi connectivity index (χ0) is 20.1. The van der Waals surface area contributed by atoms with Crippen molar-refractivity contribution in [2.45, 2.75) is 57.7 Å². The van der Waals surface area contributed by atoms with E-state index in [-0.39, 0.29) is 5.91 Å². The molecule has 8 nitrogen and oxygen atoms in total. The third kappa shape index (κ3) is 5.51. The third-order valence-electron chi connectivity index (χ3n) is 5.29. The molecule has 0 aromatic carbocycles. The highest BCUT2D eigenvalue weighted by molar-refractivity contribution is 5.96. The van der Waals surface area contributed by atoms with Gasteiger partial charge >= 0.3 is 0 Å². The summed E-state index contributed by atoms with van der Waals surface area (Å²) in [6, 6.07) is 2.02. The van der Waals surface area contributed by atoms with Gasteiger partial charge in [-0.3, -0.25) is 15.0 Å². The number of anilines is 1. The van der Waals surface area contributed by atoms with Crippen LogP contribution in [0.15, 0.2) is 10.6 Å². The van der Waals surface area contributed by atoms with E-state index in [2.05, 4.69) is 15.4 Å². The van der Waals surface area contributed by atoms with Gasteiger partial charge in [-0.25, -0.2) is 0 Å². The molecule has 0 atom stereocenters. The van der Waals surface area contributed by atoms with Crippen LogP contribution < -0.4 is 5.32 Å². The summed E-state index contributed by atoms with van der Waals surface area (Å²) >= 11 is 0. The summed E-state index contributed by atoms with van der Waals surface area (Å²) in [4.78, 5) is 15.0. The second kappa shape index (κ2) is 9.14. The quantitative estimate of drug-likeness (QED) is 0.655. The van der Waals surface area contributed by atoms with Crippen molar-refractivity contribution in [1.82, 2.24) is 10.1 Å². The minimum absolute atomic E-state index is 0.141. The van der Waals surface area contributed by atoms with Gasteiger partial charge < -0.3 is 18.7 Å². The first kappa shape index (κ1) is 21.8. The van der Waals surface area contributed by atoms with Crippen molar-refractivity contribution in [2.24, 2.45) is 0 Å². The largest absolute Gasteiger partial charge is 0.382 e. The van der Waals surface area contributed by atoms with Gasteiger partial charge in [0.25, 0.3) is 0 Å². The van der Waals surface area contributed by atoms with Gasteiger partial charge in [-0.05, 0) is 47.6 Å². The maximum atomic E-state index is 12.9. The lowest BCUT2D eigenvalue weighted by Gasteiger charge is -2.41. The number of nitrogens with zero attached hydrogens (tertiary/aromatic N) is 2. The number of hydrogen-bond acceptors (Lipinski definition) is 7. The fourth-order valence-corrected chi connectivity index (χ4v) is 3.03. The van der Waals surface area contributed by atoms with Crippen molar-refractivity contribution in [3.05, 3.63) is 11.8 Å². The normalized spacial score (nSPS) is 16.7. The third-order valence-corrected chi connectivity index (χ3v) is 5.29. The number of carbonyl (C=O) groups is 1. The number of likely N-dealkylation sites (N-methyl/N-ethyl adjacent to an activating group) is 1. The van der Waals surface area contributed by atoms with E-state index in [1.54, 1.807) is 13.2 Å². The average molecular weight is 383 g/mol. The highest BCUT2D eigenvalue weighted by Crippen LogP contribution is 2.27. The molecule has 154 valence electrons. The standard InChI is InChI=1S/C19H33N3O5/c1-18(2,22(5)14-7-9-25-10-8-14)17(23)20-16-13-15(21-27-16)19(3,4)26-12-11-24-6/h13-14H,7-12H2,1-6H3,(H,20,23). The Morgan fingerprint density at radius 3 is 2.59 bits per heavy atom. The molecule has 1 aromatic heterocycles. The van der Waals surface area contributed by atoms with Crippen LogP contribution >= 0.6 is 0 Å². The van der Waals surface area contributed by atoms with Gasteiger partial charge in [0.2, 0.25) is 11.8 Å². The molecule has 2 heterocycles. The molecule has 1 aliphatic rings. The number of nitrogens with one attached hydrogen (secondary N) is 1. The molecule has 1 N–H and O–H groups in total. The first-order valence-electron chi connectivity index (χ1n) is 9.40. The predicted octanol–water partition coefficient (Wildman–Crippen LogP) is 2.40. The Morgan fingerprint density at radius 1 is 1.30 bits per heavy atom. The molecule has 1 aromatic rings. The summed E-state index contributed by atoms with van der Waals surface area (Å²) in [6.45, 7) is 10.0. The van der Waals surface area contributed by atoms with Crippen molar-refractivity contribution >= 4 is 11.8 Å². The van der Waals surface area contributed by atoms with Crippen molar-refractivity contribution in [3.63, 3.8) is 0 Å². The summed E-state index contributed by atoms with van der Waals surface area (Å²) in [5.74, 6) is 0.171. The SMILES string of the molecule is COCCOC(C)(C)c1cc(NC(=O)C(C)(C)N(C)C2CCOCC2)on1. The molecule has 0 spiro atoms. The van der Waals surface area contributed by atoms with E-state index in [1.165, 1.54) is 0 Å². The highest BCUT2D eigenvalue weighted by atomic mass is 16.5.